The third kappa shape index (κ3) is 4.65. The molecule has 1 unspecified atom stereocenters. The van der Waals surface area contributed by atoms with Crippen LogP contribution in [0.2, 0.25) is 0 Å². The summed E-state index contributed by atoms with van der Waals surface area (Å²) >= 11 is 0. The highest BCUT2D eigenvalue weighted by Gasteiger charge is 2.27. The smallest absolute Gasteiger partial charge is 0.319 e. The van der Waals surface area contributed by atoms with E-state index in [0.717, 1.165) is 6.42 Å². The molecule has 1 N–H and O–H groups in total. The summed E-state index contributed by atoms with van der Waals surface area (Å²) in [5, 5.41) is 3.29. The highest BCUT2D eigenvalue weighted by Crippen LogP contribution is 2.34. The van der Waals surface area contributed by atoms with Crippen LogP contribution in [0.4, 0.5) is 0 Å². The van der Waals surface area contributed by atoms with E-state index in [1.807, 2.05) is 6.92 Å². The second kappa shape index (κ2) is 5.50. The fourth-order valence-electron chi connectivity index (χ4n) is 2.31. The summed E-state index contributed by atoms with van der Waals surface area (Å²) in [5.41, 5.74) is 0.421. The number of hydrogen-bond acceptors (Lipinski definition) is 3. The summed E-state index contributed by atoms with van der Waals surface area (Å²) in [5.74, 6) is -0.138. The van der Waals surface area contributed by atoms with Crippen LogP contribution < -0.4 is 5.32 Å². The van der Waals surface area contributed by atoms with Gasteiger partial charge in [-0.1, -0.05) is 20.3 Å². The van der Waals surface area contributed by atoms with E-state index in [0.29, 0.717) is 24.6 Å². The predicted octanol–water partition coefficient (Wildman–Crippen LogP) is 2.11. The van der Waals surface area contributed by atoms with Crippen LogP contribution in [0, 0.1) is 5.41 Å². The number of esters is 1. The second-order valence-electron chi connectivity index (χ2n) is 5.14. The van der Waals surface area contributed by atoms with Crippen LogP contribution >= 0.6 is 0 Å². The minimum atomic E-state index is -0.138. The molecule has 1 atom stereocenters. The molecule has 3 heteroatoms. The van der Waals surface area contributed by atoms with Gasteiger partial charge in [-0.05, 0) is 31.6 Å². The Morgan fingerprint density at radius 1 is 1.53 bits per heavy atom. The Bertz CT molecular complexity index is 214. The molecule has 0 radical (unpaired) electrons. The molecule has 15 heavy (non-hydrogen) atoms. The third-order valence-corrected chi connectivity index (χ3v) is 3.05. The van der Waals surface area contributed by atoms with Crippen LogP contribution in [0.1, 0.15) is 46.5 Å². The molecule has 0 saturated heterocycles. The van der Waals surface area contributed by atoms with E-state index in [9.17, 15) is 4.79 Å². The second-order valence-corrected chi connectivity index (χ2v) is 5.14. The summed E-state index contributed by atoms with van der Waals surface area (Å²) in [7, 11) is 0. The average Bonchev–Trinajstić information content (AvgIpc) is 2.14. The van der Waals surface area contributed by atoms with Crippen molar-refractivity contribution < 1.29 is 9.53 Å². The molecule has 1 aliphatic carbocycles. The molecule has 0 amide bonds. The van der Waals surface area contributed by atoms with Crippen molar-refractivity contribution in [1.29, 1.82) is 0 Å². The topological polar surface area (TPSA) is 38.3 Å². The molecular formula is C12H23NO2. The lowest BCUT2D eigenvalue weighted by molar-refractivity contribution is -0.142. The van der Waals surface area contributed by atoms with Crippen molar-refractivity contribution in [2.45, 2.75) is 52.5 Å². The number of carbonyl (C=O) groups excluding carboxylic acids is 1. The third-order valence-electron chi connectivity index (χ3n) is 3.05. The largest absolute Gasteiger partial charge is 0.465 e. The molecule has 0 aromatic heterocycles. The highest BCUT2D eigenvalue weighted by molar-refractivity contribution is 5.71. The van der Waals surface area contributed by atoms with E-state index in [1.54, 1.807) is 0 Å². The maximum absolute atomic E-state index is 11.2. The number of ether oxygens (including phenoxy) is 1. The van der Waals surface area contributed by atoms with Gasteiger partial charge in [0.1, 0.15) is 0 Å². The number of hydrogen-bond donors (Lipinski definition) is 1. The van der Waals surface area contributed by atoms with E-state index in [2.05, 4.69) is 19.2 Å². The van der Waals surface area contributed by atoms with Crippen LogP contribution in [0.3, 0.4) is 0 Å². The lowest BCUT2D eigenvalue weighted by Crippen LogP contribution is -2.40. The summed E-state index contributed by atoms with van der Waals surface area (Å²) in [4.78, 5) is 11.2. The Labute approximate surface area is 92.6 Å². The molecule has 0 aromatic carbocycles. The summed E-state index contributed by atoms with van der Waals surface area (Å²) in [6.45, 7) is 7.25. The summed E-state index contributed by atoms with van der Waals surface area (Å²) in [6.07, 6.45) is 4.90. The van der Waals surface area contributed by atoms with Gasteiger partial charge in [0.25, 0.3) is 0 Å². The van der Waals surface area contributed by atoms with Gasteiger partial charge in [-0.25, -0.2) is 0 Å². The molecule has 0 heterocycles. The Balaban J connectivity index is 2.24. The number of rotatable bonds is 4. The fraction of sp³-hybridized carbons (Fsp3) is 0.917. The molecule has 0 aromatic rings. The zero-order chi connectivity index (χ0) is 11.3. The minimum absolute atomic E-state index is 0.138. The van der Waals surface area contributed by atoms with Crippen LogP contribution in [0.15, 0.2) is 0 Å². The van der Waals surface area contributed by atoms with Crippen molar-refractivity contribution in [2.24, 2.45) is 5.41 Å². The van der Waals surface area contributed by atoms with Gasteiger partial charge in [0, 0.05) is 6.04 Å². The van der Waals surface area contributed by atoms with Crippen molar-refractivity contribution in [3.8, 4) is 0 Å². The van der Waals surface area contributed by atoms with E-state index in [-0.39, 0.29) is 5.97 Å². The van der Waals surface area contributed by atoms with Gasteiger partial charge in [-0.15, -0.1) is 0 Å². The van der Waals surface area contributed by atoms with Crippen molar-refractivity contribution in [1.82, 2.24) is 5.32 Å². The minimum Gasteiger partial charge on any atom is -0.465 e. The number of carbonyl (C=O) groups is 1. The first-order chi connectivity index (χ1) is 7.03. The maximum Gasteiger partial charge on any atom is 0.319 e. The van der Waals surface area contributed by atoms with Crippen LogP contribution in [-0.4, -0.2) is 25.2 Å². The molecule has 1 aliphatic rings. The number of nitrogens with one attached hydrogen (secondary N) is 1. The first-order valence-electron chi connectivity index (χ1n) is 5.92. The van der Waals surface area contributed by atoms with Crippen molar-refractivity contribution >= 4 is 5.97 Å². The van der Waals surface area contributed by atoms with Gasteiger partial charge in [0.05, 0.1) is 13.2 Å². The Morgan fingerprint density at radius 2 is 2.27 bits per heavy atom. The maximum atomic E-state index is 11.2. The molecule has 0 aliphatic heterocycles. The predicted molar refractivity (Wildman–Crippen MR) is 60.7 cm³/mol. The molecule has 88 valence electrons. The Morgan fingerprint density at radius 3 is 2.87 bits per heavy atom. The zero-order valence-electron chi connectivity index (χ0n) is 10.1. The van der Waals surface area contributed by atoms with Crippen LogP contribution in [-0.2, 0) is 9.53 Å². The SMILES string of the molecule is CCOC(=O)CNC1CCCC(C)(C)C1. The van der Waals surface area contributed by atoms with E-state index >= 15 is 0 Å². The lowest BCUT2D eigenvalue weighted by Gasteiger charge is -2.35. The van der Waals surface area contributed by atoms with Gasteiger partial charge in [0.2, 0.25) is 0 Å². The fourth-order valence-corrected chi connectivity index (χ4v) is 2.31. The molecule has 1 fully saturated rings. The first-order valence-corrected chi connectivity index (χ1v) is 5.92. The Hall–Kier alpha value is -0.570. The molecule has 0 bridgehead atoms. The Kier molecular flexibility index (Phi) is 4.58. The molecule has 1 saturated carbocycles. The van der Waals surface area contributed by atoms with E-state index in [4.69, 9.17) is 4.74 Å². The van der Waals surface area contributed by atoms with Crippen molar-refractivity contribution in [3.05, 3.63) is 0 Å². The normalized spacial score (nSPS) is 24.9. The first kappa shape index (κ1) is 12.5. The molecule has 1 rings (SSSR count). The molecular weight excluding hydrogens is 190 g/mol. The molecule has 3 nitrogen and oxygen atoms in total. The monoisotopic (exact) mass is 213 g/mol. The summed E-state index contributed by atoms with van der Waals surface area (Å²) in [6, 6.07) is 0.484. The zero-order valence-corrected chi connectivity index (χ0v) is 10.1. The van der Waals surface area contributed by atoms with Crippen LogP contribution in [0.5, 0.6) is 0 Å². The van der Waals surface area contributed by atoms with Gasteiger partial charge < -0.3 is 10.1 Å². The van der Waals surface area contributed by atoms with E-state index < -0.39 is 0 Å². The highest BCUT2D eigenvalue weighted by atomic mass is 16.5. The lowest BCUT2D eigenvalue weighted by atomic mass is 9.75. The molecule has 0 spiro atoms. The standard InChI is InChI=1S/C12H23NO2/c1-4-15-11(14)9-13-10-6-5-7-12(2,3)8-10/h10,13H,4-9H2,1-3H3. The van der Waals surface area contributed by atoms with Gasteiger partial charge >= 0.3 is 5.97 Å². The summed E-state index contributed by atoms with van der Waals surface area (Å²) < 4.78 is 4.88. The van der Waals surface area contributed by atoms with E-state index in [1.165, 1.54) is 19.3 Å². The van der Waals surface area contributed by atoms with Gasteiger partial charge in [-0.3, -0.25) is 4.79 Å². The van der Waals surface area contributed by atoms with Crippen molar-refractivity contribution in [3.63, 3.8) is 0 Å². The van der Waals surface area contributed by atoms with Crippen molar-refractivity contribution in [2.75, 3.05) is 13.2 Å². The van der Waals surface area contributed by atoms with Crippen LogP contribution in [0.25, 0.3) is 0 Å². The quantitative estimate of drug-likeness (QED) is 0.727. The van der Waals surface area contributed by atoms with Gasteiger partial charge in [0.15, 0.2) is 0 Å². The average molecular weight is 213 g/mol. The van der Waals surface area contributed by atoms with Gasteiger partial charge in [-0.2, -0.15) is 0 Å².